The lowest BCUT2D eigenvalue weighted by molar-refractivity contribution is -0.167. The topological polar surface area (TPSA) is 78.9 Å². The Kier molecular flexibility index (Phi) is 59.2. The van der Waals surface area contributed by atoms with E-state index in [2.05, 4.69) is 57.2 Å². The van der Waals surface area contributed by atoms with Gasteiger partial charge in [-0.2, -0.15) is 0 Å². The molecule has 6 heteroatoms. The molecule has 0 aromatic carbocycles. The molecule has 0 radical (unpaired) electrons. The van der Waals surface area contributed by atoms with Crippen molar-refractivity contribution in [3.05, 3.63) is 36.5 Å². The Bertz CT molecular complexity index is 1210. The number of unbranched alkanes of at least 4 members (excludes halogenated alkanes) is 42. The van der Waals surface area contributed by atoms with Gasteiger partial charge in [0.15, 0.2) is 6.10 Å². The van der Waals surface area contributed by atoms with Crippen molar-refractivity contribution in [1.82, 2.24) is 0 Å². The van der Waals surface area contributed by atoms with Crippen LogP contribution in [-0.4, -0.2) is 37.2 Å². The molecule has 0 N–H and O–H groups in total. The summed E-state index contributed by atoms with van der Waals surface area (Å²) < 4.78 is 16.9. The Labute approximate surface area is 448 Å². The SMILES string of the molecule is CCCCCCC/C=C\C/C=C\C/C=C\CCCCCCCCC(=O)OCC(COC(=O)CCCCCCCCCCCCCCCCC)OC(=O)CCCCCCCCCCCCCCCCCCCC. The van der Waals surface area contributed by atoms with Crippen LogP contribution in [-0.2, 0) is 28.6 Å². The fourth-order valence-corrected chi connectivity index (χ4v) is 9.57. The average molecular weight is 1010 g/mol. The molecule has 0 fully saturated rings. The van der Waals surface area contributed by atoms with Crippen LogP contribution in [0.3, 0.4) is 0 Å². The normalized spacial score (nSPS) is 12.2. The number of rotatable bonds is 59. The molecule has 422 valence electrons. The molecule has 0 bridgehead atoms. The van der Waals surface area contributed by atoms with Crippen LogP contribution in [0, 0.1) is 0 Å². The van der Waals surface area contributed by atoms with Crippen molar-refractivity contribution in [2.45, 2.75) is 354 Å². The van der Waals surface area contributed by atoms with Gasteiger partial charge in [-0.3, -0.25) is 14.4 Å². The first-order valence-corrected chi connectivity index (χ1v) is 32.0. The predicted molar refractivity (Wildman–Crippen MR) is 312 cm³/mol. The summed E-state index contributed by atoms with van der Waals surface area (Å²) in [5.74, 6) is -0.858. The number of hydrogen-bond donors (Lipinski definition) is 0. The first-order chi connectivity index (χ1) is 35.5. The lowest BCUT2D eigenvalue weighted by Gasteiger charge is -2.18. The molecule has 0 saturated carbocycles. The Balaban J connectivity index is 4.34. The first kappa shape index (κ1) is 69.6. The van der Waals surface area contributed by atoms with Crippen LogP contribution >= 0.6 is 0 Å². The number of carbonyl (C=O) groups excluding carboxylic acids is 3. The Morgan fingerprint density at radius 3 is 0.778 bits per heavy atom. The van der Waals surface area contributed by atoms with Crippen LogP contribution in [0.25, 0.3) is 0 Å². The summed E-state index contributed by atoms with van der Waals surface area (Å²) in [5, 5.41) is 0. The summed E-state index contributed by atoms with van der Waals surface area (Å²) in [6.45, 7) is 6.68. The third kappa shape index (κ3) is 58.5. The van der Waals surface area contributed by atoms with Gasteiger partial charge in [-0.15, -0.1) is 0 Å². The molecular formula is C66H122O6. The third-order valence-corrected chi connectivity index (χ3v) is 14.4. The van der Waals surface area contributed by atoms with Crippen LogP contribution in [0.5, 0.6) is 0 Å². The zero-order valence-electron chi connectivity index (χ0n) is 48.5. The number of carbonyl (C=O) groups is 3. The van der Waals surface area contributed by atoms with Gasteiger partial charge >= 0.3 is 17.9 Å². The molecule has 0 saturated heterocycles. The molecule has 1 unspecified atom stereocenters. The Morgan fingerprint density at radius 1 is 0.278 bits per heavy atom. The number of hydrogen-bond acceptors (Lipinski definition) is 6. The quantitative estimate of drug-likeness (QED) is 0.0261. The average Bonchev–Trinajstić information content (AvgIpc) is 3.38. The molecule has 0 heterocycles. The smallest absolute Gasteiger partial charge is 0.306 e. The summed E-state index contributed by atoms with van der Waals surface area (Å²) in [4.78, 5) is 38.3. The van der Waals surface area contributed by atoms with E-state index in [0.717, 1.165) is 77.0 Å². The number of allylic oxidation sites excluding steroid dienone is 6. The van der Waals surface area contributed by atoms with Crippen LogP contribution < -0.4 is 0 Å². The second kappa shape index (κ2) is 61.2. The molecule has 0 rings (SSSR count). The van der Waals surface area contributed by atoms with Crippen molar-refractivity contribution in [3.63, 3.8) is 0 Å². The number of ether oxygens (including phenoxy) is 3. The predicted octanol–water partition coefficient (Wildman–Crippen LogP) is 21.6. The van der Waals surface area contributed by atoms with E-state index in [1.54, 1.807) is 0 Å². The standard InChI is InChI=1S/C66H122O6/c1-4-7-10-13-16-19-22-25-28-30-32-33-34-36-38-41-44-47-50-53-56-59-65(68)71-62-63(61-70-64(67)58-55-52-49-46-43-40-37-27-24-21-18-15-12-9-6-3)72-66(69)60-57-54-51-48-45-42-39-35-31-29-26-23-20-17-14-11-8-5-2/h22,25,30,32,34,36,63H,4-21,23-24,26-29,31,33,35,37-62H2,1-3H3/b25-22-,32-30-,36-34-. The van der Waals surface area contributed by atoms with Crippen molar-refractivity contribution in [2.24, 2.45) is 0 Å². The summed E-state index contributed by atoms with van der Waals surface area (Å²) in [6.07, 6.45) is 74.3. The van der Waals surface area contributed by atoms with Gasteiger partial charge in [0.1, 0.15) is 13.2 Å². The van der Waals surface area contributed by atoms with Crippen LogP contribution in [0.2, 0.25) is 0 Å². The van der Waals surface area contributed by atoms with Gasteiger partial charge in [0, 0.05) is 19.3 Å². The maximum Gasteiger partial charge on any atom is 0.306 e. The van der Waals surface area contributed by atoms with Crippen molar-refractivity contribution >= 4 is 17.9 Å². The van der Waals surface area contributed by atoms with Gasteiger partial charge in [0.2, 0.25) is 0 Å². The molecule has 0 aromatic rings. The summed E-state index contributed by atoms with van der Waals surface area (Å²) in [6, 6.07) is 0. The van der Waals surface area contributed by atoms with Crippen LogP contribution in [0.4, 0.5) is 0 Å². The summed E-state index contributed by atoms with van der Waals surface area (Å²) >= 11 is 0. The molecule has 0 aliphatic carbocycles. The van der Waals surface area contributed by atoms with E-state index in [1.807, 2.05) is 0 Å². The van der Waals surface area contributed by atoms with E-state index >= 15 is 0 Å². The van der Waals surface area contributed by atoms with Gasteiger partial charge in [-0.1, -0.05) is 308 Å². The molecule has 6 nitrogen and oxygen atoms in total. The van der Waals surface area contributed by atoms with Crippen LogP contribution in [0.15, 0.2) is 36.5 Å². The zero-order chi connectivity index (χ0) is 52.2. The van der Waals surface area contributed by atoms with Crippen molar-refractivity contribution in [1.29, 1.82) is 0 Å². The van der Waals surface area contributed by atoms with Gasteiger partial charge in [-0.05, 0) is 57.8 Å². The minimum atomic E-state index is -0.774. The number of esters is 3. The maximum atomic E-state index is 12.9. The van der Waals surface area contributed by atoms with E-state index < -0.39 is 6.10 Å². The molecule has 0 amide bonds. The van der Waals surface area contributed by atoms with E-state index in [0.29, 0.717) is 19.3 Å². The van der Waals surface area contributed by atoms with E-state index in [1.165, 1.54) is 231 Å². The third-order valence-electron chi connectivity index (χ3n) is 14.4. The zero-order valence-corrected chi connectivity index (χ0v) is 48.5. The van der Waals surface area contributed by atoms with E-state index in [9.17, 15) is 14.4 Å². The minimum absolute atomic E-state index is 0.0709. The summed E-state index contributed by atoms with van der Waals surface area (Å²) in [7, 11) is 0. The lowest BCUT2D eigenvalue weighted by atomic mass is 10.0. The molecule has 1 atom stereocenters. The second-order valence-electron chi connectivity index (χ2n) is 21.7. The molecule has 0 spiro atoms. The van der Waals surface area contributed by atoms with Crippen molar-refractivity contribution in [3.8, 4) is 0 Å². The second-order valence-corrected chi connectivity index (χ2v) is 21.7. The maximum absolute atomic E-state index is 12.9. The highest BCUT2D eigenvalue weighted by Crippen LogP contribution is 2.17. The van der Waals surface area contributed by atoms with Gasteiger partial charge in [0.25, 0.3) is 0 Å². The van der Waals surface area contributed by atoms with Crippen molar-refractivity contribution in [2.75, 3.05) is 13.2 Å². The first-order valence-electron chi connectivity index (χ1n) is 32.0. The highest BCUT2D eigenvalue weighted by atomic mass is 16.6. The van der Waals surface area contributed by atoms with Crippen LogP contribution in [0.1, 0.15) is 348 Å². The van der Waals surface area contributed by atoms with Crippen molar-refractivity contribution < 1.29 is 28.6 Å². The van der Waals surface area contributed by atoms with E-state index in [-0.39, 0.29) is 31.1 Å². The monoisotopic (exact) mass is 1010 g/mol. The molecule has 0 aliphatic heterocycles. The summed E-state index contributed by atoms with van der Waals surface area (Å²) in [5.41, 5.74) is 0. The van der Waals surface area contributed by atoms with Gasteiger partial charge in [0.05, 0.1) is 0 Å². The van der Waals surface area contributed by atoms with Gasteiger partial charge < -0.3 is 14.2 Å². The highest BCUT2D eigenvalue weighted by molar-refractivity contribution is 5.71. The Hall–Kier alpha value is -2.37. The van der Waals surface area contributed by atoms with Gasteiger partial charge in [-0.25, -0.2) is 0 Å². The molecule has 72 heavy (non-hydrogen) atoms. The highest BCUT2D eigenvalue weighted by Gasteiger charge is 2.19. The largest absolute Gasteiger partial charge is 0.462 e. The molecular weight excluding hydrogens is 889 g/mol. The molecule has 0 aliphatic rings. The fraction of sp³-hybridized carbons (Fsp3) is 0.864. The van der Waals surface area contributed by atoms with E-state index in [4.69, 9.17) is 14.2 Å². The minimum Gasteiger partial charge on any atom is -0.462 e. The Morgan fingerprint density at radius 2 is 0.500 bits per heavy atom. The molecule has 0 aromatic heterocycles. The fourth-order valence-electron chi connectivity index (χ4n) is 9.57. The lowest BCUT2D eigenvalue weighted by Crippen LogP contribution is -2.30.